The van der Waals surface area contributed by atoms with Gasteiger partial charge in [0.05, 0.1) is 5.75 Å². The van der Waals surface area contributed by atoms with Crippen LogP contribution in [0.5, 0.6) is 0 Å². The van der Waals surface area contributed by atoms with Gasteiger partial charge in [-0.15, -0.1) is 0 Å². The maximum atomic E-state index is 12.6. The van der Waals surface area contributed by atoms with Gasteiger partial charge in [0.15, 0.2) is 0 Å². The summed E-state index contributed by atoms with van der Waals surface area (Å²) >= 11 is 0. The van der Waals surface area contributed by atoms with Crippen molar-refractivity contribution in [1.82, 2.24) is 9.62 Å². The Kier molecular flexibility index (Phi) is 7.10. The van der Waals surface area contributed by atoms with Crippen LogP contribution in [0.15, 0.2) is 54.6 Å². The van der Waals surface area contributed by atoms with Crippen LogP contribution in [0.25, 0.3) is 0 Å². The quantitative estimate of drug-likeness (QED) is 0.702. The fraction of sp³-hybridized carbons (Fsp3) is 0.455. The van der Waals surface area contributed by atoms with Crippen molar-refractivity contribution >= 4 is 15.7 Å². The molecule has 1 atom stereocenters. The Morgan fingerprint density at radius 2 is 1.64 bits per heavy atom. The van der Waals surface area contributed by atoms with Crippen molar-refractivity contribution in [2.45, 2.75) is 25.3 Å². The van der Waals surface area contributed by atoms with E-state index in [9.17, 15) is 8.42 Å². The zero-order valence-electron chi connectivity index (χ0n) is 16.8. The third-order valence-electron chi connectivity index (χ3n) is 5.37. The van der Waals surface area contributed by atoms with Crippen LogP contribution in [-0.4, -0.2) is 52.8 Å². The Balaban J connectivity index is 1.65. The number of rotatable bonds is 9. The number of hydrogen-bond acceptors (Lipinski definition) is 4. The van der Waals surface area contributed by atoms with Gasteiger partial charge < -0.3 is 4.90 Å². The van der Waals surface area contributed by atoms with Crippen molar-refractivity contribution in [3.05, 3.63) is 65.7 Å². The highest BCUT2D eigenvalue weighted by molar-refractivity contribution is 7.89. The number of benzene rings is 2. The van der Waals surface area contributed by atoms with Crippen LogP contribution < -0.4 is 9.62 Å². The van der Waals surface area contributed by atoms with Gasteiger partial charge in [-0.05, 0) is 55.6 Å². The van der Waals surface area contributed by atoms with E-state index in [0.29, 0.717) is 13.0 Å². The topological polar surface area (TPSA) is 52.7 Å². The second-order valence-corrected chi connectivity index (χ2v) is 9.57. The minimum Gasteiger partial charge on any atom is -0.378 e. The van der Waals surface area contributed by atoms with Crippen molar-refractivity contribution in [3.63, 3.8) is 0 Å². The molecule has 0 aliphatic carbocycles. The first-order chi connectivity index (χ1) is 13.4. The molecule has 0 amide bonds. The number of nitrogens with one attached hydrogen (secondary N) is 1. The highest BCUT2D eigenvalue weighted by Crippen LogP contribution is 2.26. The maximum absolute atomic E-state index is 12.6. The van der Waals surface area contributed by atoms with Gasteiger partial charge in [-0.2, -0.15) is 0 Å². The lowest BCUT2D eigenvalue weighted by molar-refractivity contribution is 0.246. The molecule has 1 aliphatic heterocycles. The Hall–Kier alpha value is -1.89. The molecular weight excluding hydrogens is 370 g/mol. The van der Waals surface area contributed by atoms with E-state index in [1.54, 1.807) is 0 Å². The van der Waals surface area contributed by atoms with Crippen LogP contribution in [0.2, 0.25) is 0 Å². The van der Waals surface area contributed by atoms with Crippen molar-refractivity contribution in [1.29, 1.82) is 0 Å². The molecule has 5 nitrogen and oxygen atoms in total. The Morgan fingerprint density at radius 3 is 2.25 bits per heavy atom. The van der Waals surface area contributed by atoms with E-state index in [-0.39, 0.29) is 11.8 Å². The van der Waals surface area contributed by atoms with E-state index >= 15 is 0 Å². The summed E-state index contributed by atoms with van der Waals surface area (Å²) in [4.78, 5) is 4.46. The second-order valence-electron chi connectivity index (χ2n) is 7.65. The number of likely N-dealkylation sites (tertiary alicyclic amines) is 1. The van der Waals surface area contributed by atoms with Gasteiger partial charge >= 0.3 is 0 Å². The molecule has 28 heavy (non-hydrogen) atoms. The lowest BCUT2D eigenvalue weighted by Gasteiger charge is -2.28. The number of nitrogens with zero attached hydrogens (tertiary/aromatic N) is 2. The van der Waals surface area contributed by atoms with Gasteiger partial charge in [-0.1, -0.05) is 42.5 Å². The standard InChI is InChI=1S/C22H31N3O2S/c1-24(2)21-12-10-20(11-13-21)22(25-15-6-7-16-25)18-23-28(26,27)17-14-19-8-4-3-5-9-19/h3-5,8-13,22-23H,6-7,14-18H2,1-2H3/t22-/m0/s1. The summed E-state index contributed by atoms with van der Waals surface area (Å²) in [6, 6.07) is 18.3. The minimum atomic E-state index is -3.32. The fourth-order valence-electron chi connectivity index (χ4n) is 3.68. The molecule has 0 bridgehead atoms. The molecule has 1 aliphatic rings. The van der Waals surface area contributed by atoms with Crippen molar-refractivity contribution < 1.29 is 8.42 Å². The van der Waals surface area contributed by atoms with E-state index in [2.05, 4.69) is 38.8 Å². The second kappa shape index (κ2) is 9.54. The van der Waals surface area contributed by atoms with E-state index < -0.39 is 10.0 Å². The minimum absolute atomic E-state index is 0.0743. The molecule has 6 heteroatoms. The van der Waals surface area contributed by atoms with Crippen molar-refractivity contribution in [3.8, 4) is 0 Å². The maximum Gasteiger partial charge on any atom is 0.211 e. The lowest BCUT2D eigenvalue weighted by atomic mass is 10.1. The molecule has 0 aromatic heterocycles. The largest absolute Gasteiger partial charge is 0.378 e. The van der Waals surface area contributed by atoms with Crippen LogP contribution in [-0.2, 0) is 16.4 Å². The average Bonchev–Trinajstić information content (AvgIpc) is 3.22. The molecule has 3 rings (SSSR count). The average molecular weight is 402 g/mol. The molecular formula is C22H31N3O2S. The molecule has 1 N–H and O–H groups in total. The molecule has 0 radical (unpaired) electrons. The van der Waals surface area contributed by atoms with Crippen LogP contribution in [0.4, 0.5) is 5.69 Å². The van der Waals surface area contributed by atoms with Crippen LogP contribution in [0.1, 0.15) is 30.0 Å². The summed E-state index contributed by atoms with van der Waals surface area (Å²) in [6.45, 7) is 2.45. The first-order valence-electron chi connectivity index (χ1n) is 9.97. The highest BCUT2D eigenvalue weighted by atomic mass is 32.2. The van der Waals surface area contributed by atoms with E-state index in [1.165, 1.54) is 18.4 Å². The zero-order chi connectivity index (χ0) is 20.0. The molecule has 2 aromatic rings. The first-order valence-corrected chi connectivity index (χ1v) is 11.6. The number of anilines is 1. The first kappa shape index (κ1) is 20.8. The Bertz CT molecular complexity index is 830. The highest BCUT2D eigenvalue weighted by Gasteiger charge is 2.25. The monoisotopic (exact) mass is 401 g/mol. The predicted octanol–water partition coefficient (Wildman–Crippen LogP) is 3.05. The summed E-state index contributed by atoms with van der Waals surface area (Å²) in [6.07, 6.45) is 2.88. The smallest absolute Gasteiger partial charge is 0.211 e. The number of hydrogen-bond donors (Lipinski definition) is 1. The normalized spacial score (nSPS) is 16.2. The third kappa shape index (κ3) is 5.80. The van der Waals surface area contributed by atoms with Crippen molar-refractivity contribution in [2.24, 2.45) is 0 Å². The molecule has 152 valence electrons. The molecule has 0 spiro atoms. The molecule has 1 heterocycles. The van der Waals surface area contributed by atoms with Crippen LogP contribution >= 0.6 is 0 Å². The lowest BCUT2D eigenvalue weighted by Crippen LogP contribution is -2.38. The van der Waals surface area contributed by atoms with Crippen molar-refractivity contribution in [2.75, 3.05) is 44.4 Å². The molecule has 1 saturated heterocycles. The summed E-state index contributed by atoms with van der Waals surface area (Å²) in [7, 11) is 0.724. The van der Waals surface area contributed by atoms with Gasteiger partial charge in [0.2, 0.25) is 10.0 Å². The summed E-state index contributed by atoms with van der Waals surface area (Å²) in [5.41, 5.74) is 3.36. The molecule has 0 saturated carbocycles. The summed E-state index contributed by atoms with van der Waals surface area (Å²) in [5.74, 6) is 0.114. The van der Waals surface area contributed by atoms with E-state index in [0.717, 1.165) is 24.3 Å². The Labute approximate surface area is 169 Å². The van der Waals surface area contributed by atoms with E-state index in [4.69, 9.17) is 0 Å². The molecule has 2 aromatic carbocycles. The van der Waals surface area contributed by atoms with Crippen LogP contribution in [0.3, 0.4) is 0 Å². The van der Waals surface area contributed by atoms with Gasteiger partial charge in [0.1, 0.15) is 0 Å². The number of sulfonamides is 1. The molecule has 1 fully saturated rings. The van der Waals surface area contributed by atoms with Gasteiger partial charge in [0.25, 0.3) is 0 Å². The SMILES string of the molecule is CN(C)c1ccc([C@H](CNS(=O)(=O)CCc2ccccc2)N2CCCC2)cc1. The summed E-state index contributed by atoms with van der Waals surface area (Å²) in [5, 5.41) is 0. The Morgan fingerprint density at radius 1 is 1.00 bits per heavy atom. The van der Waals surface area contributed by atoms with Gasteiger partial charge in [-0.25, -0.2) is 13.1 Å². The van der Waals surface area contributed by atoms with Gasteiger partial charge in [0, 0.05) is 32.4 Å². The van der Waals surface area contributed by atoms with E-state index in [1.807, 2.05) is 44.4 Å². The number of aryl methyl sites for hydroxylation is 1. The third-order valence-corrected chi connectivity index (χ3v) is 6.72. The summed E-state index contributed by atoms with van der Waals surface area (Å²) < 4.78 is 28.0. The fourth-order valence-corrected chi connectivity index (χ4v) is 4.74. The predicted molar refractivity (Wildman–Crippen MR) is 116 cm³/mol. The van der Waals surface area contributed by atoms with Gasteiger partial charge in [-0.3, -0.25) is 4.90 Å². The zero-order valence-corrected chi connectivity index (χ0v) is 17.7. The molecule has 0 unspecified atom stereocenters. The van der Waals surface area contributed by atoms with Crippen LogP contribution in [0, 0.1) is 0 Å².